The van der Waals surface area contributed by atoms with Crippen LogP contribution in [0.5, 0.6) is 5.75 Å². The quantitative estimate of drug-likeness (QED) is 0.479. The maximum atomic E-state index is 6.01. The van der Waals surface area contributed by atoms with Crippen LogP contribution in [0.1, 0.15) is 11.5 Å². The average Bonchev–Trinajstić information content (AvgIpc) is 3.37. The molecule has 29 heavy (non-hydrogen) atoms. The average molecular weight is 412 g/mol. The number of ether oxygens (including phenoxy) is 1. The summed E-state index contributed by atoms with van der Waals surface area (Å²) in [5.74, 6) is 2.76. The maximum absolute atomic E-state index is 6.01. The molecule has 3 aromatic rings. The highest BCUT2D eigenvalue weighted by molar-refractivity contribution is 6.30. The van der Waals surface area contributed by atoms with Crippen LogP contribution in [-0.4, -0.2) is 42.3 Å². The van der Waals surface area contributed by atoms with Gasteiger partial charge in [0.05, 0.1) is 6.54 Å². The van der Waals surface area contributed by atoms with E-state index in [1.54, 1.807) is 7.05 Å². The second-order valence-electron chi connectivity index (χ2n) is 6.70. The van der Waals surface area contributed by atoms with Crippen molar-refractivity contribution in [3.8, 4) is 17.1 Å². The fourth-order valence-electron chi connectivity index (χ4n) is 3.19. The molecular formula is C21H22ClN5O2. The van der Waals surface area contributed by atoms with Gasteiger partial charge in [-0.15, -0.1) is 0 Å². The lowest BCUT2D eigenvalue weighted by Crippen LogP contribution is -2.42. The molecule has 1 aliphatic rings. The van der Waals surface area contributed by atoms with Gasteiger partial charge in [-0.2, -0.15) is 4.98 Å². The first-order valence-electron chi connectivity index (χ1n) is 9.49. The van der Waals surface area contributed by atoms with Crippen LogP contribution in [-0.2, 0) is 12.8 Å². The van der Waals surface area contributed by atoms with Gasteiger partial charge in [0.25, 0.3) is 0 Å². The van der Waals surface area contributed by atoms with Crippen molar-refractivity contribution in [2.45, 2.75) is 18.9 Å². The summed E-state index contributed by atoms with van der Waals surface area (Å²) < 4.78 is 11.3. The molecule has 0 fully saturated rings. The molecule has 2 heterocycles. The van der Waals surface area contributed by atoms with E-state index in [1.807, 2.05) is 42.5 Å². The van der Waals surface area contributed by atoms with Crippen LogP contribution in [0.2, 0.25) is 5.02 Å². The molecule has 0 radical (unpaired) electrons. The highest BCUT2D eigenvalue weighted by atomic mass is 35.5. The van der Waals surface area contributed by atoms with Crippen molar-refractivity contribution in [3.05, 3.63) is 65.0 Å². The Hall–Kier alpha value is -3.06. The highest BCUT2D eigenvalue weighted by Crippen LogP contribution is 2.27. The lowest BCUT2D eigenvalue weighted by molar-refractivity contribution is 0.235. The molecule has 1 atom stereocenters. The van der Waals surface area contributed by atoms with Gasteiger partial charge in [0.15, 0.2) is 5.96 Å². The Bertz CT molecular complexity index is 979. The summed E-state index contributed by atoms with van der Waals surface area (Å²) in [6.07, 6.45) is 1.58. The lowest BCUT2D eigenvalue weighted by Gasteiger charge is -2.15. The van der Waals surface area contributed by atoms with E-state index in [9.17, 15) is 0 Å². The number of para-hydroxylation sites is 1. The Morgan fingerprint density at radius 1 is 1.21 bits per heavy atom. The first-order valence-corrected chi connectivity index (χ1v) is 9.86. The number of guanidine groups is 1. The number of rotatable bonds is 6. The van der Waals surface area contributed by atoms with Crippen molar-refractivity contribution in [2.75, 3.05) is 20.1 Å². The van der Waals surface area contributed by atoms with Crippen LogP contribution in [0.25, 0.3) is 11.4 Å². The number of nitrogens with one attached hydrogen (secondary N) is 2. The van der Waals surface area contributed by atoms with Crippen LogP contribution in [0.3, 0.4) is 0 Å². The van der Waals surface area contributed by atoms with Gasteiger partial charge in [0.1, 0.15) is 11.9 Å². The van der Waals surface area contributed by atoms with Gasteiger partial charge in [-0.3, -0.25) is 4.99 Å². The molecule has 8 heteroatoms. The number of hydrogen-bond donors (Lipinski definition) is 2. The van der Waals surface area contributed by atoms with E-state index in [4.69, 9.17) is 20.9 Å². The van der Waals surface area contributed by atoms with Crippen molar-refractivity contribution in [1.82, 2.24) is 20.8 Å². The summed E-state index contributed by atoms with van der Waals surface area (Å²) in [5.41, 5.74) is 2.07. The van der Waals surface area contributed by atoms with E-state index >= 15 is 0 Å². The number of hydrogen-bond acceptors (Lipinski definition) is 5. The molecule has 0 amide bonds. The smallest absolute Gasteiger partial charge is 0.228 e. The molecule has 2 aromatic carbocycles. The van der Waals surface area contributed by atoms with Crippen LogP contribution in [0.4, 0.5) is 0 Å². The van der Waals surface area contributed by atoms with Crippen molar-refractivity contribution < 1.29 is 9.26 Å². The summed E-state index contributed by atoms with van der Waals surface area (Å²) >= 11 is 6.01. The molecule has 1 aromatic heterocycles. The molecule has 4 rings (SSSR count). The van der Waals surface area contributed by atoms with Crippen LogP contribution >= 0.6 is 11.6 Å². The summed E-state index contributed by atoms with van der Waals surface area (Å²) in [6.45, 7) is 1.29. The molecule has 1 aliphatic heterocycles. The van der Waals surface area contributed by atoms with E-state index in [0.717, 1.165) is 17.7 Å². The lowest BCUT2D eigenvalue weighted by atomic mass is 10.1. The molecule has 0 saturated heterocycles. The third-order valence-electron chi connectivity index (χ3n) is 4.62. The first kappa shape index (κ1) is 19.3. The number of aliphatic imine (C=N–C) groups is 1. The predicted molar refractivity (Wildman–Crippen MR) is 112 cm³/mol. The van der Waals surface area contributed by atoms with E-state index in [-0.39, 0.29) is 6.10 Å². The zero-order chi connectivity index (χ0) is 20.1. The minimum Gasteiger partial charge on any atom is -0.488 e. The third-order valence-corrected chi connectivity index (χ3v) is 4.85. The first-order chi connectivity index (χ1) is 14.2. The maximum Gasteiger partial charge on any atom is 0.228 e. The fraction of sp³-hybridized carbons (Fsp3) is 0.286. The van der Waals surface area contributed by atoms with E-state index in [1.165, 1.54) is 5.56 Å². The Kier molecular flexibility index (Phi) is 5.95. The Balaban J connectivity index is 1.23. The third kappa shape index (κ3) is 4.86. The molecule has 0 bridgehead atoms. The van der Waals surface area contributed by atoms with Crippen molar-refractivity contribution in [3.63, 3.8) is 0 Å². The molecule has 0 spiro atoms. The standard InChI is InChI=1S/C21H22ClN5O2/c1-23-21(25-13-17-12-14-5-2-3-8-18(14)28-17)24-10-9-19-26-20(27-29-19)15-6-4-7-16(22)11-15/h2-8,11,17H,9-10,12-13H2,1H3,(H2,23,24,25). The predicted octanol–water partition coefficient (Wildman–Crippen LogP) is 3.10. The van der Waals surface area contributed by atoms with Gasteiger partial charge in [0, 0.05) is 37.0 Å². The Morgan fingerprint density at radius 3 is 2.93 bits per heavy atom. The van der Waals surface area contributed by atoms with Gasteiger partial charge in [-0.25, -0.2) is 0 Å². The minimum absolute atomic E-state index is 0.0992. The number of fused-ring (bicyclic) bond motifs is 1. The van der Waals surface area contributed by atoms with Crippen LogP contribution in [0.15, 0.2) is 58.0 Å². The van der Waals surface area contributed by atoms with E-state index < -0.39 is 0 Å². The second kappa shape index (κ2) is 8.96. The Labute approximate surface area is 174 Å². The zero-order valence-corrected chi connectivity index (χ0v) is 16.8. The molecule has 2 N–H and O–H groups in total. The van der Waals surface area contributed by atoms with Crippen molar-refractivity contribution in [1.29, 1.82) is 0 Å². The zero-order valence-electron chi connectivity index (χ0n) is 16.1. The number of aromatic nitrogens is 2. The van der Waals surface area contributed by atoms with Crippen LogP contribution in [0, 0.1) is 0 Å². The minimum atomic E-state index is 0.0992. The summed E-state index contributed by atoms with van der Waals surface area (Å²) in [6, 6.07) is 15.5. The monoisotopic (exact) mass is 411 g/mol. The summed E-state index contributed by atoms with van der Waals surface area (Å²) in [7, 11) is 1.74. The van der Waals surface area contributed by atoms with Gasteiger partial charge in [-0.1, -0.05) is 47.1 Å². The van der Waals surface area contributed by atoms with Gasteiger partial charge in [0.2, 0.25) is 11.7 Å². The molecule has 150 valence electrons. The van der Waals surface area contributed by atoms with Gasteiger partial charge >= 0.3 is 0 Å². The molecule has 7 nitrogen and oxygen atoms in total. The summed E-state index contributed by atoms with van der Waals surface area (Å²) in [5, 5.41) is 11.2. The molecule has 1 unspecified atom stereocenters. The SMILES string of the molecule is CN=C(NCCc1nc(-c2cccc(Cl)c2)no1)NCC1Cc2ccccc2O1. The number of nitrogens with zero attached hydrogens (tertiary/aromatic N) is 3. The van der Waals surface area contributed by atoms with E-state index in [0.29, 0.717) is 42.2 Å². The van der Waals surface area contributed by atoms with Crippen molar-refractivity contribution >= 4 is 17.6 Å². The Morgan fingerprint density at radius 2 is 2.10 bits per heavy atom. The number of benzene rings is 2. The second-order valence-corrected chi connectivity index (χ2v) is 7.14. The topological polar surface area (TPSA) is 84.6 Å². The van der Waals surface area contributed by atoms with Crippen LogP contribution < -0.4 is 15.4 Å². The molecule has 0 aliphatic carbocycles. The molecule has 0 saturated carbocycles. The van der Waals surface area contributed by atoms with E-state index in [2.05, 4.69) is 31.8 Å². The summed E-state index contributed by atoms with van der Waals surface area (Å²) in [4.78, 5) is 8.67. The highest BCUT2D eigenvalue weighted by Gasteiger charge is 2.22. The largest absolute Gasteiger partial charge is 0.488 e. The fourth-order valence-corrected chi connectivity index (χ4v) is 3.38. The van der Waals surface area contributed by atoms with Gasteiger partial charge < -0.3 is 19.9 Å². The molecular weight excluding hydrogens is 390 g/mol. The van der Waals surface area contributed by atoms with Gasteiger partial charge in [-0.05, 0) is 23.8 Å². The van der Waals surface area contributed by atoms with Crippen molar-refractivity contribution in [2.24, 2.45) is 4.99 Å². The number of halogens is 1. The normalized spacial score (nSPS) is 15.7.